The van der Waals surface area contributed by atoms with Gasteiger partial charge in [0.05, 0.1) is 13.2 Å². The van der Waals surface area contributed by atoms with Gasteiger partial charge in [0, 0.05) is 29.6 Å². The third-order valence-corrected chi connectivity index (χ3v) is 6.47. The minimum atomic E-state index is -0.0936. The van der Waals surface area contributed by atoms with Crippen molar-refractivity contribution in [1.82, 2.24) is 9.88 Å². The standard InChI is InChI=1S/C28H28N2O2/c1-19-7-5-9-21(17-19)28-27-24(23-11-3-4-12-25(23)29-27)15-16-30(28)26(31)14-13-20-8-6-10-22(18-20)32-2/h3-12,17-18,28-29H,13-16H2,1-2H3/t28-/m1/s1. The van der Waals surface area contributed by atoms with Gasteiger partial charge in [0.15, 0.2) is 0 Å². The zero-order chi connectivity index (χ0) is 22.1. The van der Waals surface area contributed by atoms with Crippen LogP contribution in [0.4, 0.5) is 0 Å². The molecule has 5 rings (SSSR count). The van der Waals surface area contributed by atoms with Gasteiger partial charge < -0.3 is 14.6 Å². The van der Waals surface area contributed by atoms with E-state index in [1.54, 1.807) is 7.11 Å². The van der Waals surface area contributed by atoms with Gasteiger partial charge in [-0.25, -0.2) is 0 Å². The van der Waals surface area contributed by atoms with E-state index in [1.165, 1.54) is 16.5 Å². The van der Waals surface area contributed by atoms with Crippen LogP contribution < -0.4 is 4.74 Å². The summed E-state index contributed by atoms with van der Waals surface area (Å²) in [5.74, 6) is 1.01. The number of aryl methyl sites for hydroxylation is 2. The molecule has 3 aromatic carbocycles. The second-order valence-electron chi connectivity index (χ2n) is 8.57. The van der Waals surface area contributed by atoms with Gasteiger partial charge in [0.2, 0.25) is 5.91 Å². The predicted octanol–water partition coefficient (Wildman–Crippen LogP) is 5.59. The number of carbonyl (C=O) groups excluding carboxylic acids is 1. The Morgan fingerprint density at radius 2 is 1.91 bits per heavy atom. The quantitative estimate of drug-likeness (QED) is 0.454. The van der Waals surface area contributed by atoms with E-state index in [0.29, 0.717) is 12.8 Å². The molecule has 0 saturated heterocycles. The average Bonchev–Trinajstić information content (AvgIpc) is 3.20. The highest BCUT2D eigenvalue weighted by Crippen LogP contribution is 2.39. The topological polar surface area (TPSA) is 45.3 Å². The van der Waals surface area contributed by atoms with Crippen molar-refractivity contribution in [2.75, 3.05) is 13.7 Å². The van der Waals surface area contributed by atoms with Gasteiger partial charge in [-0.05, 0) is 54.7 Å². The second-order valence-corrected chi connectivity index (χ2v) is 8.57. The fourth-order valence-electron chi connectivity index (χ4n) is 4.92. The lowest BCUT2D eigenvalue weighted by Crippen LogP contribution is -2.40. The number of fused-ring (bicyclic) bond motifs is 3. The molecule has 0 aliphatic carbocycles. The fourth-order valence-corrected chi connectivity index (χ4v) is 4.92. The van der Waals surface area contributed by atoms with E-state index < -0.39 is 0 Å². The molecule has 1 aliphatic rings. The number of para-hydroxylation sites is 1. The minimum absolute atomic E-state index is 0.0936. The molecule has 162 valence electrons. The second kappa shape index (κ2) is 8.54. The molecule has 1 atom stereocenters. The highest BCUT2D eigenvalue weighted by molar-refractivity contribution is 5.86. The van der Waals surface area contributed by atoms with E-state index in [9.17, 15) is 4.79 Å². The predicted molar refractivity (Wildman–Crippen MR) is 128 cm³/mol. The van der Waals surface area contributed by atoms with Crippen LogP contribution in [-0.4, -0.2) is 29.4 Å². The molecule has 32 heavy (non-hydrogen) atoms. The average molecular weight is 425 g/mol. The first-order valence-electron chi connectivity index (χ1n) is 11.2. The minimum Gasteiger partial charge on any atom is -0.497 e. The molecule has 1 aromatic heterocycles. The Kier molecular flexibility index (Phi) is 5.44. The van der Waals surface area contributed by atoms with E-state index >= 15 is 0 Å². The molecule has 4 aromatic rings. The molecule has 0 unspecified atom stereocenters. The van der Waals surface area contributed by atoms with E-state index in [4.69, 9.17) is 4.74 Å². The van der Waals surface area contributed by atoms with Crippen molar-refractivity contribution < 1.29 is 9.53 Å². The monoisotopic (exact) mass is 424 g/mol. The van der Waals surface area contributed by atoms with E-state index in [-0.39, 0.29) is 11.9 Å². The summed E-state index contributed by atoms with van der Waals surface area (Å²) in [5.41, 5.74) is 7.11. The lowest BCUT2D eigenvalue weighted by molar-refractivity contribution is -0.133. The summed E-state index contributed by atoms with van der Waals surface area (Å²) in [6, 6.07) is 24.9. The maximum absolute atomic E-state index is 13.5. The Balaban J connectivity index is 1.48. The first-order chi connectivity index (χ1) is 15.6. The molecule has 0 radical (unpaired) electrons. The van der Waals surface area contributed by atoms with Crippen LogP contribution in [0.3, 0.4) is 0 Å². The number of methoxy groups -OCH3 is 1. The van der Waals surface area contributed by atoms with Gasteiger partial charge in [-0.3, -0.25) is 4.79 Å². The molecular weight excluding hydrogens is 396 g/mol. The third kappa shape index (κ3) is 3.77. The van der Waals surface area contributed by atoms with Crippen molar-refractivity contribution >= 4 is 16.8 Å². The maximum Gasteiger partial charge on any atom is 0.223 e. The van der Waals surface area contributed by atoms with Crippen LogP contribution in [-0.2, 0) is 17.6 Å². The number of hydrogen-bond acceptors (Lipinski definition) is 2. The fraction of sp³-hybridized carbons (Fsp3) is 0.250. The van der Waals surface area contributed by atoms with Crippen molar-refractivity contribution in [3.8, 4) is 5.75 Å². The molecule has 0 spiro atoms. The molecule has 0 bridgehead atoms. The summed E-state index contributed by atoms with van der Waals surface area (Å²) in [7, 11) is 1.67. The molecule has 4 nitrogen and oxygen atoms in total. The Morgan fingerprint density at radius 1 is 1.06 bits per heavy atom. The largest absolute Gasteiger partial charge is 0.497 e. The Labute approximate surface area is 188 Å². The van der Waals surface area contributed by atoms with Crippen LogP contribution in [0, 0.1) is 6.92 Å². The Hall–Kier alpha value is -3.53. The van der Waals surface area contributed by atoms with Gasteiger partial charge in [0.1, 0.15) is 5.75 Å². The van der Waals surface area contributed by atoms with E-state index in [2.05, 4.69) is 71.4 Å². The summed E-state index contributed by atoms with van der Waals surface area (Å²) >= 11 is 0. The SMILES string of the molecule is COc1cccc(CCC(=O)N2CCc3c([nH]c4ccccc34)[C@H]2c2cccc(C)c2)c1. The number of rotatable bonds is 5. The zero-order valence-electron chi connectivity index (χ0n) is 18.6. The molecule has 0 fully saturated rings. The number of nitrogens with zero attached hydrogens (tertiary/aromatic N) is 1. The van der Waals surface area contributed by atoms with Crippen LogP contribution in [0.2, 0.25) is 0 Å². The number of H-pyrrole nitrogens is 1. The van der Waals surface area contributed by atoms with Gasteiger partial charge in [0.25, 0.3) is 0 Å². The summed E-state index contributed by atoms with van der Waals surface area (Å²) in [6.07, 6.45) is 2.05. The van der Waals surface area contributed by atoms with E-state index in [0.717, 1.165) is 41.1 Å². The van der Waals surface area contributed by atoms with Gasteiger partial charge >= 0.3 is 0 Å². The lowest BCUT2D eigenvalue weighted by Gasteiger charge is -2.36. The molecule has 1 N–H and O–H groups in total. The van der Waals surface area contributed by atoms with Gasteiger partial charge in [-0.2, -0.15) is 0 Å². The number of aromatic amines is 1. The van der Waals surface area contributed by atoms with Crippen molar-refractivity contribution in [1.29, 1.82) is 0 Å². The highest BCUT2D eigenvalue weighted by atomic mass is 16.5. The lowest BCUT2D eigenvalue weighted by atomic mass is 9.91. The van der Waals surface area contributed by atoms with Crippen molar-refractivity contribution in [2.24, 2.45) is 0 Å². The number of amides is 1. The molecule has 2 heterocycles. The number of carbonyl (C=O) groups is 1. The molecule has 1 amide bonds. The number of ether oxygens (including phenoxy) is 1. The molecular formula is C28H28N2O2. The van der Waals surface area contributed by atoms with Crippen LogP contribution in [0.15, 0.2) is 72.8 Å². The summed E-state index contributed by atoms with van der Waals surface area (Å²) in [6.45, 7) is 2.83. The molecule has 1 aliphatic heterocycles. The highest BCUT2D eigenvalue weighted by Gasteiger charge is 2.34. The van der Waals surface area contributed by atoms with E-state index in [1.807, 2.05) is 18.2 Å². The number of nitrogens with one attached hydrogen (secondary N) is 1. The van der Waals surface area contributed by atoms with Crippen LogP contribution >= 0.6 is 0 Å². The first-order valence-corrected chi connectivity index (χ1v) is 11.2. The van der Waals surface area contributed by atoms with Gasteiger partial charge in [-0.15, -0.1) is 0 Å². The number of hydrogen-bond donors (Lipinski definition) is 1. The summed E-state index contributed by atoms with van der Waals surface area (Å²) < 4.78 is 5.33. The molecule has 4 heteroatoms. The first kappa shape index (κ1) is 20.4. The van der Waals surface area contributed by atoms with Crippen molar-refractivity contribution in [3.05, 3.63) is 101 Å². The smallest absolute Gasteiger partial charge is 0.223 e. The normalized spacial score (nSPS) is 15.6. The maximum atomic E-state index is 13.5. The van der Waals surface area contributed by atoms with Crippen molar-refractivity contribution in [2.45, 2.75) is 32.2 Å². The van der Waals surface area contributed by atoms with Crippen LogP contribution in [0.25, 0.3) is 10.9 Å². The third-order valence-electron chi connectivity index (χ3n) is 6.47. The van der Waals surface area contributed by atoms with Gasteiger partial charge in [-0.1, -0.05) is 60.2 Å². The van der Waals surface area contributed by atoms with Crippen LogP contribution in [0.5, 0.6) is 5.75 Å². The summed E-state index contributed by atoms with van der Waals surface area (Å²) in [5, 5.41) is 1.27. The molecule has 0 saturated carbocycles. The number of benzene rings is 3. The van der Waals surface area contributed by atoms with Crippen molar-refractivity contribution in [3.63, 3.8) is 0 Å². The Bertz CT molecular complexity index is 1270. The van der Waals surface area contributed by atoms with Crippen LogP contribution in [0.1, 0.15) is 40.4 Å². The zero-order valence-corrected chi connectivity index (χ0v) is 18.6. The Morgan fingerprint density at radius 3 is 2.75 bits per heavy atom. The number of aromatic nitrogens is 1. The summed E-state index contributed by atoms with van der Waals surface area (Å²) in [4.78, 5) is 19.2.